The van der Waals surface area contributed by atoms with E-state index in [-0.39, 0.29) is 0 Å². The number of ether oxygens (including phenoxy) is 1. The van der Waals surface area contributed by atoms with Crippen molar-refractivity contribution in [1.82, 2.24) is 0 Å². The minimum absolute atomic E-state index is 0.316. The van der Waals surface area contributed by atoms with Gasteiger partial charge in [-0.15, -0.1) is 0 Å². The molecule has 0 amide bonds. The van der Waals surface area contributed by atoms with E-state index in [0.717, 1.165) is 23.3 Å². The minimum Gasteiger partial charge on any atom is -0.466 e. The third-order valence-corrected chi connectivity index (χ3v) is 4.90. The molecule has 0 spiro atoms. The smallest absolute Gasteiger partial charge is 0.466 e. The molecule has 0 heterocycles. The zero-order valence-corrected chi connectivity index (χ0v) is 14.3. The molecule has 0 bridgehead atoms. The quantitative estimate of drug-likeness (QED) is 0.553. The van der Waals surface area contributed by atoms with E-state index in [1.165, 1.54) is 12.8 Å². The van der Waals surface area contributed by atoms with E-state index in [4.69, 9.17) is 14.5 Å². The summed E-state index contributed by atoms with van der Waals surface area (Å²) in [6.07, 6.45) is 3.43. The maximum atomic E-state index is 10.8. The molecule has 124 valence electrons. The lowest BCUT2D eigenvalue weighted by atomic mass is 9.89. The van der Waals surface area contributed by atoms with Gasteiger partial charge in [-0.2, -0.15) is 0 Å². The number of rotatable bonds is 8. The Morgan fingerprint density at radius 2 is 1.91 bits per heavy atom. The second kappa shape index (κ2) is 7.14. The minimum atomic E-state index is -4.52. The van der Waals surface area contributed by atoms with Crippen molar-refractivity contribution in [1.29, 1.82) is 0 Å². The second-order valence-electron chi connectivity index (χ2n) is 6.08. The molecule has 1 aromatic carbocycles. The fraction of sp³-hybridized carbons (Fsp3) is 0.625. The highest BCUT2D eigenvalue weighted by molar-refractivity contribution is 7.46. The summed E-state index contributed by atoms with van der Waals surface area (Å²) in [7, 11) is -4.52. The summed E-state index contributed by atoms with van der Waals surface area (Å²) in [4.78, 5) is 17.6. The van der Waals surface area contributed by atoms with Crippen molar-refractivity contribution >= 4 is 7.82 Å². The largest absolute Gasteiger partial charge is 0.472 e. The molecule has 2 rings (SSSR count). The van der Waals surface area contributed by atoms with Crippen LogP contribution in [-0.2, 0) is 9.09 Å². The van der Waals surface area contributed by atoms with Crippen LogP contribution in [0.5, 0.6) is 5.75 Å². The van der Waals surface area contributed by atoms with Gasteiger partial charge in [-0.1, -0.05) is 39.0 Å². The number of para-hydroxylation sites is 1. The molecule has 1 saturated carbocycles. The van der Waals surface area contributed by atoms with Crippen LogP contribution in [0.15, 0.2) is 18.2 Å². The van der Waals surface area contributed by atoms with Crippen molar-refractivity contribution in [3.8, 4) is 5.75 Å². The summed E-state index contributed by atoms with van der Waals surface area (Å²) in [5, 5.41) is 0. The molecule has 0 unspecified atom stereocenters. The highest BCUT2D eigenvalue weighted by Crippen LogP contribution is 2.47. The summed E-state index contributed by atoms with van der Waals surface area (Å²) in [5.41, 5.74) is 2.18. The van der Waals surface area contributed by atoms with Crippen LogP contribution in [-0.4, -0.2) is 16.6 Å². The number of benzene rings is 1. The molecule has 0 radical (unpaired) electrons. The topological polar surface area (TPSA) is 76.0 Å². The standard InChI is InChI=1S/C16H25O5P/c1-4-11(2)14-6-5-7-15(12(3)13-8-9-13)16(14)20-10-21-22(17,18)19/h5-7,11-13H,4,8-10H2,1-3H3,(H2,17,18,19)/t11-,12+/m0/s1. The summed E-state index contributed by atoms with van der Waals surface area (Å²) in [5.74, 6) is 2.10. The molecular formula is C16H25O5P. The fourth-order valence-corrected chi connectivity index (χ4v) is 2.90. The molecular weight excluding hydrogens is 303 g/mol. The van der Waals surface area contributed by atoms with Crippen LogP contribution in [0.2, 0.25) is 0 Å². The Kier molecular flexibility index (Phi) is 5.67. The van der Waals surface area contributed by atoms with Gasteiger partial charge in [0.05, 0.1) is 0 Å². The van der Waals surface area contributed by atoms with Crippen molar-refractivity contribution in [3.63, 3.8) is 0 Å². The molecule has 1 fully saturated rings. The highest BCUT2D eigenvalue weighted by Gasteiger charge is 2.31. The van der Waals surface area contributed by atoms with Crippen molar-refractivity contribution < 1.29 is 23.6 Å². The first-order chi connectivity index (χ1) is 10.3. The predicted octanol–water partition coefficient (Wildman–Crippen LogP) is 4.16. The van der Waals surface area contributed by atoms with E-state index < -0.39 is 14.6 Å². The normalized spacial score (nSPS) is 18.0. The average Bonchev–Trinajstić information content (AvgIpc) is 3.29. The second-order valence-corrected chi connectivity index (χ2v) is 7.32. The first kappa shape index (κ1) is 17.5. The lowest BCUT2D eigenvalue weighted by Gasteiger charge is -2.22. The Morgan fingerprint density at radius 3 is 2.45 bits per heavy atom. The molecule has 0 aromatic heterocycles. The van der Waals surface area contributed by atoms with Crippen molar-refractivity contribution in [2.24, 2.45) is 5.92 Å². The van der Waals surface area contributed by atoms with Gasteiger partial charge in [0.25, 0.3) is 0 Å². The van der Waals surface area contributed by atoms with Crippen LogP contribution in [0.3, 0.4) is 0 Å². The van der Waals surface area contributed by atoms with Gasteiger partial charge in [0, 0.05) is 0 Å². The van der Waals surface area contributed by atoms with Crippen molar-refractivity contribution in [2.45, 2.75) is 51.9 Å². The first-order valence-electron chi connectivity index (χ1n) is 7.79. The Labute approximate surface area is 131 Å². The summed E-state index contributed by atoms with van der Waals surface area (Å²) < 4.78 is 20.9. The molecule has 1 aromatic rings. The van der Waals surface area contributed by atoms with E-state index >= 15 is 0 Å². The van der Waals surface area contributed by atoms with Gasteiger partial charge < -0.3 is 14.5 Å². The SMILES string of the molecule is CC[C@H](C)c1cccc([C@H](C)C2CC2)c1OCOP(=O)(O)O. The monoisotopic (exact) mass is 328 g/mol. The lowest BCUT2D eigenvalue weighted by molar-refractivity contribution is 0.0808. The van der Waals surface area contributed by atoms with E-state index in [2.05, 4.69) is 25.3 Å². The van der Waals surface area contributed by atoms with Gasteiger partial charge in [0.1, 0.15) is 5.75 Å². The lowest BCUT2D eigenvalue weighted by Crippen LogP contribution is -2.09. The zero-order valence-electron chi connectivity index (χ0n) is 13.4. The summed E-state index contributed by atoms with van der Waals surface area (Å²) in [6, 6.07) is 6.10. The molecule has 5 nitrogen and oxygen atoms in total. The molecule has 1 aliphatic rings. The third kappa shape index (κ3) is 4.56. The van der Waals surface area contributed by atoms with Gasteiger partial charge in [0.2, 0.25) is 0 Å². The number of hydrogen-bond acceptors (Lipinski definition) is 3. The molecule has 0 aliphatic heterocycles. The Bertz CT molecular complexity index is 549. The Morgan fingerprint density at radius 1 is 1.27 bits per heavy atom. The maximum Gasteiger partial charge on any atom is 0.472 e. The van der Waals surface area contributed by atoms with Crippen LogP contribution in [0.4, 0.5) is 0 Å². The molecule has 2 atom stereocenters. The van der Waals surface area contributed by atoms with E-state index in [1.54, 1.807) is 0 Å². The van der Waals surface area contributed by atoms with E-state index in [9.17, 15) is 4.57 Å². The number of hydrogen-bond donors (Lipinski definition) is 2. The van der Waals surface area contributed by atoms with Crippen LogP contribution < -0.4 is 4.74 Å². The first-order valence-corrected chi connectivity index (χ1v) is 9.32. The van der Waals surface area contributed by atoms with Gasteiger partial charge in [-0.3, -0.25) is 0 Å². The predicted molar refractivity (Wildman–Crippen MR) is 84.9 cm³/mol. The van der Waals surface area contributed by atoms with Gasteiger partial charge in [-0.25, -0.2) is 9.09 Å². The average molecular weight is 328 g/mol. The van der Waals surface area contributed by atoms with Crippen LogP contribution in [0.25, 0.3) is 0 Å². The number of phosphoric acid groups is 1. The van der Waals surface area contributed by atoms with Crippen molar-refractivity contribution in [2.75, 3.05) is 6.79 Å². The highest BCUT2D eigenvalue weighted by atomic mass is 31.2. The van der Waals surface area contributed by atoms with Gasteiger partial charge >= 0.3 is 7.82 Å². The van der Waals surface area contributed by atoms with Gasteiger partial charge in [-0.05, 0) is 48.1 Å². The summed E-state index contributed by atoms with van der Waals surface area (Å²) in [6.45, 7) is 5.97. The zero-order chi connectivity index (χ0) is 16.3. The van der Waals surface area contributed by atoms with E-state index in [0.29, 0.717) is 17.8 Å². The van der Waals surface area contributed by atoms with Gasteiger partial charge in [0.15, 0.2) is 6.79 Å². The molecule has 22 heavy (non-hydrogen) atoms. The molecule has 0 saturated heterocycles. The maximum absolute atomic E-state index is 10.8. The molecule has 2 N–H and O–H groups in total. The van der Waals surface area contributed by atoms with Crippen LogP contribution in [0.1, 0.15) is 63.0 Å². The molecule has 1 aliphatic carbocycles. The fourth-order valence-electron chi connectivity index (χ4n) is 2.71. The Hall–Kier alpha value is -0.870. The van der Waals surface area contributed by atoms with Crippen molar-refractivity contribution in [3.05, 3.63) is 29.3 Å². The summed E-state index contributed by atoms with van der Waals surface area (Å²) >= 11 is 0. The van der Waals surface area contributed by atoms with Crippen LogP contribution >= 0.6 is 7.82 Å². The van der Waals surface area contributed by atoms with E-state index in [1.807, 2.05) is 18.2 Å². The molecule has 6 heteroatoms. The Balaban J connectivity index is 2.26. The van der Waals surface area contributed by atoms with Crippen LogP contribution in [0, 0.1) is 5.92 Å². The third-order valence-electron chi connectivity index (χ3n) is 4.46. The number of phosphoric ester groups is 1.